The van der Waals surface area contributed by atoms with Gasteiger partial charge in [-0.15, -0.1) is 13.2 Å². The van der Waals surface area contributed by atoms with Gasteiger partial charge in [-0.3, -0.25) is 0 Å². The van der Waals surface area contributed by atoms with Crippen LogP contribution in [0.25, 0.3) is 0 Å². The third-order valence-corrected chi connectivity index (χ3v) is 7.03. The van der Waals surface area contributed by atoms with Gasteiger partial charge in [-0.25, -0.2) is 13.2 Å². The second-order valence-corrected chi connectivity index (χ2v) is 9.14. The molecule has 3 rings (SSSR count). The highest BCUT2D eigenvalue weighted by Gasteiger charge is 2.33. The average Bonchev–Trinajstić information content (AvgIpc) is 2.68. The zero-order valence-electron chi connectivity index (χ0n) is 15.8. The number of carbonyl (C=O) groups is 1. The third-order valence-electron chi connectivity index (χ3n) is 5.14. The topological polar surface area (TPSA) is 79.0 Å². The first kappa shape index (κ1) is 21.7. The number of nitrogens with one attached hydrogen (secondary N) is 1. The molecule has 2 amide bonds. The van der Waals surface area contributed by atoms with Crippen LogP contribution in [-0.2, 0) is 10.0 Å². The number of hydrogen-bond donors (Lipinski definition) is 1. The summed E-state index contributed by atoms with van der Waals surface area (Å²) in [5.41, 5.74) is 0. The monoisotopic (exact) mass is 435 g/mol. The van der Waals surface area contributed by atoms with Crippen LogP contribution >= 0.6 is 0 Å². The van der Waals surface area contributed by atoms with Crippen molar-refractivity contribution in [3.63, 3.8) is 0 Å². The fraction of sp³-hybridized carbons (Fsp3) is 0.611. The summed E-state index contributed by atoms with van der Waals surface area (Å²) in [4.78, 5) is 13.7. The average molecular weight is 435 g/mol. The summed E-state index contributed by atoms with van der Waals surface area (Å²) in [7, 11) is -3.99. The zero-order chi connectivity index (χ0) is 21.1. The number of nitrogens with zero attached hydrogens (tertiary/aromatic N) is 2. The van der Waals surface area contributed by atoms with E-state index in [2.05, 4.69) is 10.1 Å². The van der Waals surface area contributed by atoms with E-state index in [0.29, 0.717) is 0 Å². The van der Waals surface area contributed by atoms with Gasteiger partial charge in [-0.1, -0.05) is 25.3 Å². The van der Waals surface area contributed by atoms with Gasteiger partial charge in [0.25, 0.3) is 0 Å². The summed E-state index contributed by atoms with van der Waals surface area (Å²) in [5, 5.41) is 3.00. The van der Waals surface area contributed by atoms with Crippen molar-refractivity contribution in [3.05, 3.63) is 24.3 Å². The molecule has 1 saturated carbocycles. The van der Waals surface area contributed by atoms with Crippen molar-refractivity contribution in [3.8, 4) is 5.75 Å². The molecule has 1 saturated heterocycles. The van der Waals surface area contributed by atoms with Crippen LogP contribution in [0.2, 0.25) is 0 Å². The molecule has 1 N–H and O–H groups in total. The fourth-order valence-electron chi connectivity index (χ4n) is 3.63. The number of halogens is 3. The Labute approximate surface area is 167 Å². The summed E-state index contributed by atoms with van der Waals surface area (Å²) in [5.74, 6) is -0.593. The number of hydrogen-bond acceptors (Lipinski definition) is 4. The lowest BCUT2D eigenvalue weighted by Crippen LogP contribution is -2.54. The minimum atomic E-state index is -4.90. The molecule has 1 aromatic rings. The van der Waals surface area contributed by atoms with Crippen LogP contribution in [0, 0.1) is 0 Å². The smallest absolute Gasteiger partial charge is 0.406 e. The lowest BCUT2D eigenvalue weighted by atomic mass is 9.96. The number of benzene rings is 1. The van der Waals surface area contributed by atoms with Gasteiger partial charge >= 0.3 is 12.4 Å². The molecule has 1 aliphatic heterocycles. The first-order chi connectivity index (χ1) is 13.6. The number of rotatable bonds is 4. The first-order valence-corrected chi connectivity index (χ1v) is 11.0. The minimum absolute atomic E-state index is 0.0742. The first-order valence-electron chi connectivity index (χ1n) is 9.56. The largest absolute Gasteiger partial charge is 0.573 e. The molecule has 0 unspecified atom stereocenters. The van der Waals surface area contributed by atoms with Crippen LogP contribution in [0.3, 0.4) is 0 Å². The highest BCUT2D eigenvalue weighted by Crippen LogP contribution is 2.27. The van der Waals surface area contributed by atoms with Crippen molar-refractivity contribution in [2.45, 2.75) is 49.4 Å². The molecule has 11 heteroatoms. The molecular formula is C18H24F3N3O4S. The number of amides is 2. The number of ether oxygens (including phenoxy) is 1. The molecule has 0 atom stereocenters. The Morgan fingerprint density at radius 3 is 2.34 bits per heavy atom. The molecule has 0 spiro atoms. The van der Waals surface area contributed by atoms with E-state index in [1.54, 1.807) is 4.90 Å². The Balaban J connectivity index is 1.59. The third kappa shape index (κ3) is 5.75. The Bertz CT molecular complexity index is 818. The van der Waals surface area contributed by atoms with E-state index >= 15 is 0 Å². The Hall–Kier alpha value is -2.01. The van der Waals surface area contributed by atoms with Gasteiger partial charge in [0.1, 0.15) is 5.75 Å². The second-order valence-electron chi connectivity index (χ2n) is 7.20. The van der Waals surface area contributed by atoms with Crippen molar-refractivity contribution < 1.29 is 31.1 Å². The van der Waals surface area contributed by atoms with Crippen molar-refractivity contribution in [1.29, 1.82) is 0 Å². The molecule has 0 aromatic heterocycles. The number of urea groups is 1. The molecule has 7 nitrogen and oxygen atoms in total. The maximum absolute atomic E-state index is 12.8. The molecule has 1 heterocycles. The molecule has 2 fully saturated rings. The van der Waals surface area contributed by atoms with Crippen LogP contribution in [0.1, 0.15) is 32.1 Å². The molecule has 0 bridgehead atoms. The summed E-state index contributed by atoms with van der Waals surface area (Å²) in [6.45, 7) is 0.586. The van der Waals surface area contributed by atoms with E-state index in [1.807, 2.05) is 0 Å². The summed E-state index contributed by atoms with van der Waals surface area (Å²) >= 11 is 0. The van der Waals surface area contributed by atoms with Crippen molar-refractivity contribution in [1.82, 2.24) is 14.5 Å². The minimum Gasteiger partial charge on any atom is -0.406 e. The SMILES string of the molecule is O=C(NC1CCCCC1)N1CCN(S(=O)(=O)c2cccc(OC(F)(F)F)c2)CC1. The molecule has 1 aromatic carbocycles. The fourth-order valence-corrected chi connectivity index (χ4v) is 5.08. The summed E-state index contributed by atoms with van der Waals surface area (Å²) < 4.78 is 67.7. The van der Waals surface area contributed by atoms with Crippen molar-refractivity contribution in [2.24, 2.45) is 0 Å². The standard InChI is InChI=1S/C18H24F3N3O4S/c19-18(20,21)28-15-7-4-8-16(13-15)29(26,27)24-11-9-23(10-12-24)17(25)22-14-5-2-1-3-6-14/h4,7-8,13-14H,1-3,5-6,9-12H2,(H,22,25). The van der Waals surface area contributed by atoms with E-state index in [0.717, 1.165) is 37.8 Å². The highest BCUT2D eigenvalue weighted by molar-refractivity contribution is 7.89. The lowest BCUT2D eigenvalue weighted by molar-refractivity contribution is -0.274. The van der Waals surface area contributed by atoms with E-state index in [1.165, 1.54) is 22.9 Å². The molecule has 1 aliphatic carbocycles. The van der Waals surface area contributed by atoms with Gasteiger partial charge < -0.3 is 15.0 Å². The molecular weight excluding hydrogens is 411 g/mol. The molecule has 29 heavy (non-hydrogen) atoms. The van der Waals surface area contributed by atoms with Crippen LogP contribution in [0.5, 0.6) is 5.75 Å². The molecule has 2 aliphatic rings. The van der Waals surface area contributed by atoms with Crippen LogP contribution < -0.4 is 10.1 Å². The van der Waals surface area contributed by atoms with Crippen molar-refractivity contribution in [2.75, 3.05) is 26.2 Å². The quantitative estimate of drug-likeness (QED) is 0.789. The highest BCUT2D eigenvalue weighted by atomic mass is 32.2. The molecule has 0 radical (unpaired) electrons. The van der Waals surface area contributed by atoms with E-state index < -0.39 is 22.1 Å². The zero-order valence-corrected chi connectivity index (χ0v) is 16.6. The predicted molar refractivity (Wildman–Crippen MR) is 98.9 cm³/mol. The van der Waals surface area contributed by atoms with Gasteiger partial charge in [0, 0.05) is 38.3 Å². The van der Waals surface area contributed by atoms with Gasteiger partial charge in [0.2, 0.25) is 10.0 Å². The van der Waals surface area contributed by atoms with Crippen LogP contribution in [-0.4, -0.2) is 62.2 Å². The van der Waals surface area contributed by atoms with Gasteiger partial charge in [0.05, 0.1) is 4.90 Å². The molecule has 162 valence electrons. The summed E-state index contributed by atoms with van der Waals surface area (Å²) in [6, 6.07) is 4.28. The number of carbonyl (C=O) groups excluding carboxylic acids is 1. The number of sulfonamides is 1. The van der Waals surface area contributed by atoms with E-state index in [9.17, 15) is 26.4 Å². The maximum Gasteiger partial charge on any atom is 0.573 e. The Morgan fingerprint density at radius 1 is 1.07 bits per heavy atom. The van der Waals surface area contributed by atoms with E-state index in [4.69, 9.17) is 0 Å². The van der Waals surface area contributed by atoms with Crippen LogP contribution in [0.4, 0.5) is 18.0 Å². The number of alkyl halides is 3. The predicted octanol–water partition coefficient (Wildman–Crippen LogP) is 2.93. The van der Waals surface area contributed by atoms with Gasteiger partial charge in [-0.05, 0) is 25.0 Å². The van der Waals surface area contributed by atoms with Crippen LogP contribution in [0.15, 0.2) is 29.2 Å². The second kappa shape index (κ2) is 8.78. The summed E-state index contributed by atoms with van der Waals surface area (Å²) in [6.07, 6.45) is 0.368. The van der Waals surface area contributed by atoms with Crippen molar-refractivity contribution >= 4 is 16.1 Å². The van der Waals surface area contributed by atoms with Gasteiger partial charge in [0.15, 0.2) is 0 Å². The Morgan fingerprint density at radius 2 is 1.72 bits per heavy atom. The maximum atomic E-state index is 12.8. The lowest BCUT2D eigenvalue weighted by Gasteiger charge is -2.35. The number of piperazine rings is 1. The Kier molecular flexibility index (Phi) is 6.57. The normalized spacial score (nSPS) is 19.8. The van der Waals surface area contributed by atoms with E-state index in [-0.39, 0.29) is 43.1 Å². The van der Waals surface area contributed by atoms with Gasteiger partial charge in [-0.2, -0.15) is 4.31 Å².